The fraction of sp³-hybridized carbons (Fsp3) is 0.500. The molecular weight excluding hydrogens is 528 g/mol. The average Bonchev–Trinajstić information content (AvgIpc) is 3.22. The molecule has 224 valence electrons. The number of benzene rings is 1. The van der Waals surface area contributed by atoms with Gasteiger partial charge in [0.15, 0.2) is 11.8 Å². The summed E-state index contributed by atoms with van der Waals surface area (Å²) in [6.45, 7) is 9.30. The molecule has 10 heteroatoms. The van der Waals surface area contributed by atoms with Crippen LogP contribution in [0.1, 0.15) is 55.5 Å². The number of hydrogen-bond donors (Lipinski definition) is 2. The number of carbonyl (C=O) groups excluding carboxylic acids is 2. The van der Waals surface area contributed by atoms with Gasteiger partial charge in [-0.2, -0.15) is 4.99 Å². The molecule has 3 amide bonds. The third kappa shape index (κ3) is 6.92. The number of pyridine rings is 1. The van der Waals surface area contributed by atoms with E-state index in [0.29, 0.717) is 17.9 Å². The minimum atomic E-state index is 0.0292. The van der Waals surface area contributed by atoms with Crippen LogP contribution in [0, 0.1) is 5.41 Å². The van der Waals surface area contributed by atoms with Crippen molar-refractivity contribution < 1.29 is 9.59 Å². The Morgan fingerprint density at radius 2 is 1.79 bits per heavy atom. The van der Waals surface area contributed by atoms with Crippen molar-refractivity contribution in [2.24, 2.45) is 16.1 Å². The number of nitrogens with one attached hydrogen (secondary N) is 1. The standard InChI is InChI=1S/C32H44N8O2/c1-32(2)21-40(22-32)31(42)39-17-6-7-23(13-20-39)27-8-5-16-34-28(27)36-30(33)35-25-11-9-24(10-12-25)29(41)38(4)26-14-18-37(3)19-15-26/h5,8-13,16,26H,6-7,14-15,17-22H2,1-4H3,(H3,33,34,35,36). The van der Waals surface area contributed by atoms with Crippen molar-refractivity contribution in [2.45, 2.75) is 45.6 Å². The molecule has 0 unspecified atom stereocenters. The number of amides is 3. The van der Waals surface area contributed by atoms with E-state index in [-0.39, 0.29) is 29.4 Å². The zero-order valence-electron chi connectivity index (χ0n) is 25.3. The summed E-state index contributed by atoms with van der Waals surface area (Å²) in [5, 5.41) is 3.13. The minimum Gasteiger partial charge on any atom is -0.369 e. The number of urea groups is 1. The van der Waals surface area contributed by atoms with Crippen molar-refractivity contribution in [3.05, 3.63) is 59.8 Å². The molecule has 2 saturated heterocycles. The van der Waals surface area contributed by atoms with Gasteiger partial charge in [-0.25, -0.2) is 9.78 Å². The first-order valence-corrected chi connectivity index (χ1v) is 14.9. The molecule has 42 heavy (non-hydrogen) atoms. The van der Waals surface area contributed by atoms with Gasteiger partial charge in [-0.05, 0) is 87.8 Å². The zero-order valence-corrected chi connectivity index (χ0v) is 25.3. The lowest BCUT2D eigenvalue weighted by Crippen LogP contribution is -2.59. The molecule has 1 aromatic carbocycles. The Morgan fingerprint density at radius 3 is 2.48 bits per heavy atom. The number of nitrogens with two attached hydrogens (primary N) is 1. The largest absolute Gasteiger partial charge is 0.369 e. The second-order valence-electron chi connectivity index (χ2n) is 12.6. The van der Waals surface area contributed by atoms with E-state index < -0.39 is 0 Å². The van der Waals surface area contributed by atoms with Crippen LogP contribution in [0.15, 0.2) is 53.7 Å². The lowest BCUT2D eigenvalue weighted by Gasteiger charge is -2.47. The van der Waals surface area contributed by atoms with E-state index >= 15 is 0 Å². The lowest BCUT2D eigenvalue weighted by atomic mass is 9.85. The van der Waals surface area contributed by atoms with Crippen LogP contribution in [0.3, 0.4) is 0 Å². The number of nitrogens with zero attached hydrogens (tertiary/aromatic N) is 6. The number of piperidine rings is 1. The van der Waals surface area contributed by atoms with E-state index in [2.05, 4.69) is 47.2 Å². The first-order valence-electron chi connectivity index (χ1n) is 14.9. The molecule has 3 N–H and O–H groups in total. The van der Waals surface area contributed by atoms with Gasteiger partial charge in [0.1, 0.15) is 0 Å². The highest BCUT2D eigenvalue weighted by atomic mass is 16.2. The van der Waals surface area contributed by atoms with Crippen LogP contribution in [0.5, 0.6) is 0 Å². The third-order valence-electron chi connectivity index (χ3n) is 8.53. The maximum absolute atomic E-state index is 13.1. The van der Waals surface area contributed by atoms with Crippen molar-refractivity contribution in [1.29, 1.82) is 0 Å². The molecule has 2 fully saturated rings. The number of allylic oxidation sites excluding steroid dienone is 1. The van der Waals surface area contributed by atoms with Crippen molar-refractivity contribution in [2.75, 3.05) is 58.7 Å². The van der Waals surface area contributed by atoms with Crippen LogP contribution < -0.4 is 11.1 Å². The SMILES string of the molecule is CN1CCC(N(C)C(=O)c2ccc(NC(N)=Nc3ncccc3C3=CCN(C(=O)N4CC(C)(C)C4)CCC3)cc2)CC1. The first kappa shape index (κ1) is 29.6. The maximum Gasteiger partial charge on any atom is 0.320 e. The number of likely N-dealkylation sites (tertiary alicyclic amines) is 2. The zero-order chi connectivity index (χ0) is 29.9. The predicted octanol–water partition coefficient (Wildman–Crippen LogP) is 4.25. The van der Waals surface area contributed by atoms with Crippen molar-refractivity contribution in [3.8, 4) is 0 Å². The van der Waals surface area contributed by atoms with E-state index in [0.717, 1.165) is 75.2 Å². The van der Waals surface area contributed by atoms with Crippen LogP contribution in [-0.4, -0.2) is 102 Å². The second-order valence-corrected chi connectivity index (χ2v) is 12.6. The Kier molecular flexibility index (Phi) is 8.82. The quantitative estimate of drug-likeness (QED) is 0.410. The summed E-state index contributed by atoms with van der Waals surface area (Å²) in [7, 11) is 4.01. The third-order valence-corrected chi connectivity index (χ3v) is 8.53. The molecule has 10 nitrogen and oxygen atoms in total. The van der Waals surface area contributed by atoms with E-state index in [4.69, 9.17) is 5.73 Å². The molecule has 0 atom stereocenters. The van der Waals surface area contributed by atoms with Gasteiger partial charge in [0.2, 0.25) is 0 Å². The summed E-state index contributed by atoms with van der Waals surface area (Å²) in [4.78, 5) is 43.2. The number of aromatic nitrogens is 1. The summed E-state index contributed by atoms with van der Waals surface area (Å²) in [5.74, 6) is 0.773. The van der Waals surface area contributed by atoms with Gasteiger partial charge in [0, 0.05) is 67.7 Å². The van der Waals surface area contributed by atoms with E-state index in [1.54, 1.807) is 6.20 Å². The molecule has 0 aliphatic carbocycles. The van der Waals surface area contributed by atoms with E-state index in [9.17, 15) is 9.59 Å². The van der Waals surface area contributed by atoms with Crippen LogP contribution in [0.4, 0.5) is 16.3 Å². The summed E-state index contributed by atoms with van der Waals surface area (Å²) < 4.78 is 0. The summed E-state index contributed by atoms with van der Waals surface area (Å²) in [6, 6.07) is 11.6. The molecule has 1 aromatic heterocycles. The average molecular weight is 573 g/mol. The molecule has 5 rings (SSSR count). The van der Waals surface area contributed by atoms with Gasteiger partial charge >= 0.3 is 6.03 Å². The summed E-state index contributed by atoms with van der Waals surface area (Å²) in [6.07, 6.45) is 7.51. The van der Waals surface area contributed by atoms with Crippen LogP contribution in [0.25, 0.3) is 5.57 Å². The number of rotatable bonds is 5. The Labute approximate surface area is 249 Å². The molecule has 0 saturated carbocycles. The van der Waals surface area contributed by atoms with Gasteiger partial charge in [-0.15, -0.1) is 0 Å². The van der Waals surface area contributed by atoms with Gasteiger partial charge < -0.3 is 30.7 Å². The van der Waals surface area contributed by atoms with Crippen molar-refractivity contribution >= 4 is 35.0 Å². The molecule has 4 heterocycles. The second kappa shape index (κ2) is 12.5. The Balaban J connectivity index is 1.22. The minimum absolute atomic E-state index is 0.0292. The van der Waals surface area contributed by atoms with Crippen LogP contribution in [0.2, 0.25) is 0 Å². The highest BCUT2D eigenvalue weighted by molar-refractivity contribution is 5.97. The maximum atomic E-state index is 13.1. The molecule has 0 bridgehead atoms. The lowest BCUT2D eigenvalue weighted by molar-refractivity contribution is 0.0442. The van der Waals surface area contributed by atoms with Crippen molar-refractivity contribution in [3.63, 3.8) is 0 Å². The van der Waals surface area contributed by atoms with Crippen LogP contribution >= 0.6 is 0 Å². The van der Waals surface area contributed by atoms with Gasteiger partial charge in [-0.1, -0.05) is 19.9 Å². The Bertz CT molecular complexity index is 1340. The van der Waals surface area contributed by atoms with E-state index in [1.165, 1.54) is 0 Å². The number of aliphatic imine (C=N–C) groups is 1. The normalized spacial score (nSPS) is 19.9. The van der Waals surface area contributed by atoms with Gasteiger partial charge in [0.25, 0.3) is 5.91 Å². The van der Waals surface area contributed by atoms with E-state index in [1.807, 2.05) is 58.1 Å². The van der Waals surface area contributed by atoms with Gasteiger partial charge in [-0.3, -0.25) is 4.79 Å². The topological polar surface area (TPSA) is 110 Å². The first-order chi connectivity index (χ1) is 20.1. The summed E-state index contributed by atoms with van der Waals surface area (Å²) in [5.41, 5.74) is 9.93. The molecule has 3 aliphatic heterocycles. The smallest absolute Gasteiger partial charge is 0.320 e. The number of carbonyl (C=O) groups is 2. The highest BCUT2D eigenvalue weighted by Gasteiger charge is 2.39. The summed E-state index contributed by atoms with van der Waals surface area (Å²) >= 11 is 0. The Hall–Kier alpha value is -3.92. The molecule has 3 aliphatic rings. The monoisotopic (exact) mass is 572 g/mol. The molecule has 0 radical (unpaired) electrons. The fourth-order valence-corrected chi connectivity index (χ4v) is 6.09. The molecule has 0 spiro atoms. The number of anilines is 1. The van der Waals surface area contributed by atoms with Gasteiger partial charge in [0.05, 0.1) is 0 Å². The number of hydrogen-bond acceptors (Lipinski definition) is 5. The highest BCUT2D eigenvalue weighted by Crippen LogP contribution is 2.32. The van der Waals surface area contributed by atoms with Crippen LogP contribution in [-0.2, 0) is 0 Å². The Morgan fingerprint density at radius 1 is 1.07 bits per heavy atom. The fourth-order valence-electron chi connectivity index (χ4n) is 6.09. The molecular formula is C32H44N8O2. The van der Waals surface area contributed by atoms with Crippen molar-refractivity contribution in [1.82, 2.24) is 24.6 Å². The number of guanidine groups is 1. The molecule has 2 aromatic rings. The predicted molar refractivity (Wildman–Crippen MR) is 168 cm³/mol.